The minimum Gasteiger partial charge on any atom is -0.311 e. The topological polar surface area (TPSA) is 9.72 Å². The van der Waals surface area contributed by atoms with Gasteiger partial charge in [0.1, 0.15) is 0 Å². The second-order valence-electron chi connectivity index (χ2n) is 25.0. The lowest BCUT2D eigenvalue weighted by atomic mass is 9.33. The molecule has 9 aromatic carbocycles. The molecule has 0 fully saturated rings. The molecule has 12 rings (SSSR count). The Morgan fingerprint density at radius 3 is 1.43 bits per heavy atom. The molecular formula is C71H70BN3. The van der Waals surface area contributed by atoms with Crippen LogP contribution in [0.25, 0.3) is 22.3 Å². The van der Waals surface area contributed by atoms with Gasteiger partial charge in [0.05, 0.1) is 11.4 Å². The van der Waals surface area contributed by atoms with Gasteiger partial charge in [-0.1, -0.05) is 203 Å². The van der Waals surface area contributed by atoms with E-state index in [2.05, 4.69) is 291 Å². The predicted molar refractivity (Wildman–Crippen MR) is 323 cm³/mol. The summed E-state index contributed by atoms with van der Waals surface area (Å²) in [7, 11) is 0. The molecule has 0 aromatic heterocycles. The van der Waals surface area contributed by atoms with Crippen LogP contribution < -0.4 is 31.1 Å². The van der Waals surface area contributed by atoms with Crippen molar-refractivity contribution in [1.82, 2.24) is 0 Å². The van der Waals surface area contributed by atoms with E-state index < -0.39 is 0 Å². The third-order valence-corrected chi connectivity index (χ3v) is 16.9. The lowest BCUT2D eigenvalue weighted by Gasteiger charge is -2.48. The maximum absolute atomic E-state index is 2.69. The third kappa shape index (κ3) is 8.29. The van der Waals surface area contributed by atoms with Gasteiger partial charge in [-0.15, -0.1) is 0 Å². The summed E-state index contributed by atoms with van der Waals surface area (Å²) in [6, 6.07) is 76.1. The van der Waals surface area contributed by atoms with Gasteiger partial charge in [-0.05, 0) is 169 Å². The number of hydrogen-bond donors (Lipinski definition) is 0. The van der Waals surface area contributed by atoms with Crippen LogP contribution in [0.2, 0.25) is 0 Å². The molecule has 2 heterocycles. The predicted octanol–water partition coefficient (Wildman–Crippen LogP) is 17.8. The summed E-state index contributed by atoms with van der Waals surface area (Å²) >= 11 is 0. The zero-order chi connectivity index (χ0) is 52.2. The van der Waals surface area contributed by atoms with Crippen LogP contribution in [0, 0.1) is 6.92 Å². The molecule has 4 heteroatoms. The molecule has 2 aliphatic heterocycles. The fourth-order valence-electron chi connectivity index (χ4n) is 12.5. The second-order valence-corrected chi connectivity index (χ2v) is 25.0. The van der Waals surface area contributed by atoms with E-state index in [4.69, 9.17) is 0 Å². The van der Waals surface area contributed by atoms with Gasteiger partial charge >= 0.3 is 0 Å². The second kappa shape index (κ2) is 17.8. The lowest BCUT2D eigenvalue weighted by Crippen LogP contribution is -2.62. The van der Waals surface area contributed by atoms with Crippen LogP contribution in [0.15, 0.2) is 200 Å². The molecule has 3 aliphatic rings. The number of benzene rings is 9. The van der Waals surface area contributed by atoms with E-state index >= 15 is 0 Å². The Labute approximate surface area is 447 Å². The SMILES string of the molecule is Cc1cc(C(C)(C)C)ccc1N1c2cc(-c3ccccc3)ccc2B2c3cc4c(cc3N(c3ccc(C(C)(C)C)cc3-c3ccccc3)c3cc(N(c5ccccc5)c5ccccc5)cc1c32)C(C)(C)CCC4(C)C. The molecule has 75 heavy (non-hydrogen) atoms. The smallest absolute Gasteiger partial charge is 0.252 e. The van der Waals surface area contributed by atoms with Crippen molar-refractivity contribution >= 4 is 74.3 Å². The van der Waals surface area contributed by atoms with E-state index in [0.717, 1.165) is 29.9 Å². The van der Waals surface area contributed by atoms with Crippen molar-refractivity contribution in [2.75, 3.05) is 14.7 Å². The number of aryl methyl sites for hydroxylation is 1. The Morgan fingerprint density at radius 2 is 0.880 bits per heavy atom. The van der Waals surface area contributed by atoms with Gasteiger partial charge < -0.3 is 14.7 Å². The molecule has 9 aromatic rings. The summed E-state index contributed by atoms with van der Waals surface area (Å²) in [5, 5.41) is 0. The zero-order valence-corrected chi connectivity index (χ0v) is 45.9. The van der Waals surface area contributed by atoms with Crippen molar-refractivity contribution in [2.24, 2.45) is 0 Å². The van der Waals surface area contributed by atoms with E-state index in [1.54, 1.807) is 0 Å². The van der Waals surface area contributed by atoms with Gasteiger partial charge in [-0.25, -0.2) is 0 Å². The van der Waals surface area contributed by atoms with Crippen LogP contribution in [0.1, 0.15) is 110 Å². The molecule has 0 saturated heterocycles. The summed E-state index contributed by atoms with van der Waals surface area (Å²) in [6.45, 7) is 26.1. The summed E-state index contributed by atoms with van der Waals surface area (Å²) in [4.78, 5) is 7.78. The first kappa shape index (κ1) is 48.4. The van der Waals surface area contributed by atoms with E-state index in [9.17, 15) is 0 Å². The third-order valence-electron chi connectivity index (χ3n) is 16.9. The van der Waals surface area contributed by atoms with Gasteiger partial charge in [0.15, 0.2) is 0 Å². The summed E-state index contributed by atoms with van der Waals surface area (Å²) < 4.78 is 0. The largest absolute Gasteiger partial charge is 0.311 e. The monoisotopic (exact) mass is 976 g/mol. The molecular weight excluding hydrogens is 906 g/mol. The van der Waals surface area contributed by atoms with Crippen molar-refractivity contribution in [3.8, 4) is 22.3 Å². The van der Waals surface area contributed by atoms with Gasteiger partial charge in [0, 0.05) is 45.4 Å². The normalized spacial score (nSPS) is 15.2. The van der Waals surface area contributed by atoms with Crippen molar-refractivity contribution in [1.29, 1.82) is 0 Å². The minimum absolute atomic E-state index is 0.000284. The fraction of sp³-hybridized carbons (Fsp3) is 0.239. The van der Waals surface area contributed by atoms with E-state index in [0.29, 0.717) is 0 Å². The van der Waals surface area contributed by atoms with E-state index in [1.165, 1.54) is 101 Å². The fourth-order valence-corrected chi connectivity index (χ4v) is 12.5. The maximum atomic E-state index is 2.69. The van der Waals surface area contributed by atoms with E-state index in [1.807, 2.05) is 0 Å². The van der Waals surface area contributed by atoms with Crippen molar-refractivity contribution in [3.63, 3.8) is 0 Å². The highest BCUT2D eigenvalue weighted by atomic mass is 15.2. The lowest BCUT2D eigenvalue weighted by molar-refractivity contribution is 0.332. The molecule has 372 valence electrons. The summed E-state index contributed by atoms with van der Waals surface area (Å²) in [5.41, 5.74) is 26.1. The molecule has 0 bridgehead atoms. The zero-order valence-electron chi connectivity index (χ0n) is 45.9. The summed E-state index contributed by atoms with van der Waals surface area (Å²) in [6.07, 6.45) is 2.27. The van der Waals surface area contributed by atoms with Gasteiger partial charge in [0.25, 0.3) is 6.71 Å². The molecule has 0 amide bonds. The first-order valence-corrected chi connectivity index (χ1v) is 27.3. The standard InChI is InChI=1S/C71H70BN3/c1-47-40-51(68(2,3)4)33-36-61(47)74-63-41-50(48-24-16-12-17-25-48)32-35-59(63)72-60-45-57-58(71(10,11)39-38-70(57,8)9)46-64(60)75(62-37-34-52(69(5,6)7)42-56(62)49-26-18-13-19-27-49)66-44-55(43-65(74)67(66)72)73(53-28-20-14-21-29-53)54-30-22-15-23-31-54/h12-37,40-46H,38-39H2,1-11H3. The van der Waals surface area contributed by atoms with Crippen LogP contribution in [-0.4, -0.2) is 6.71 Å². The van der Waals surface area contributed by atoms with Crippen LogP contribution in [0.3, 0.4) is 0 Å². The Bertz CT molecular complexity index is 3600. The summed E-state index contributed by atoms with van der Waals surface area (Å²) in [5.74, 6) is 0. The highest BCUT2D eigenvalue weighted by Crippen LogP contribution is 2.54. The number of hydrogen-bond acceptors (Lipinski definition) is 3. The Morgan fingerprint density at radius 1 is 0.400 bits per heavy atom. The van der Waals surface area contributed by atoms with Gasteiger partial charge in [-0.3, -0.25) is 0 Å². The van der Waals surface area contributed by atoms with Gasteiger partial charge in [0.2, 0.25) is 0 Å². The van der Waals surface area contributed by atoms with Crippen molar-refractivity contribution in [3.05, 3.63) is 228 Å². The average molecular weight is 976 g/mol. The van der Waals surface area contributed by atoms with Gasteiger partial charge in [-0.2, -0.15) is 0 Å². The highest BCUT2D eigenvalue weighted by Gasteiger charge is 2.47. The molecule has 0 unspecified atom stereocenters. The highest BCUT2D eigenvalue weighted by molar-refractivity contribution is 7.00. The van der Waals surface area contributed by atoms with Crippen LogP contribution in [0.4, 0.5) is 51.2 Å². The first-order chi connectivity index (χ1) is 35.9. The minimum atomic E-state index is -0.0670. The molecule has 0 saturated carbocycles. The van der Waals surface area contributed by atoms with Crippen molar-refractivity contribution < 1.29 is 0 Å². The Balaban J connectivity index is 1.27. The van der Waals surface area contributed by atoms with Crippen LogP contribution in [-0.2, 0) is 21.7 Å². The number of fused-ring (bicyclic) bond motifs is 5. The first-order valence-electron chi connectivity index (χ1n) is 27.3. The van der Waals surface area contributed by atoms with Crippen LogP contribution in [0.5, 0.6) is 0 Å². The molecule has 0 atom stereocenters. The van der Waals surface area contributed by atoms with Crippen molar-refractivity contribution in [2.45, 2.75) is 111 Å². The Hall–Kier alpha value is -7.56. The number of nitrogens with zero attached hydrogens (tertiary/aromatic N) is 3. The maximum Gasteiger partial charge on any atom is 0.252 e. The average Bonchev–Trinajstić information content (AvgIpc) is 3.41. The van der Waals surface area contributed by atoms with Crippen LogP contribution >= 0.6 is 0 Å². The number of anilines is 9. The molecule has 3 nitrogen and oxygen atoms in total. The molecule has 0 spiro atoms. The molecule has 0 radical (unpaired) electrons. The molecule has 1 aliphatic carbocycles. The Kier molecular flexibility index (Phi) is 11.5. The van der Waals surface area contributed by atoms with E-state index in [-0.39, 0.29) is 28.4 Å². The quantitative estimate of drug-likeness (QED) is 0.147. The number of para-hydroxylation sites is 2. The number of rotatable bonds is 7. The molecule has 0 N–H and O–H groups in total.